The van der Waals surface area contributed by atoms with Crippen LogP contribution in [0.25, 0.3) is 0 Å². The molecule has 1 unspecified atom stereocenters. The van der Waals surface area contributed by atoms with Crippen LogP contribution >= 0.6 is 38.5 Å². The average Bonchev–Trinajstić information content (AvgIpc) is 2.06. The standard InChI is InChI=1S/C11H14BrIO/c1-11(2,3)10(14)8-6-7(13)4-5-9(8)12/h4-6,10,14H,1-3H3. The molecule has 0 heterocycles. The zero-order chi connectivity index (χ0) is 10.9. The molecule has 1 N–H and O–H groups in total. The van der Waals surface area contributed by atoms with Crippen molar-refractivity contribution in [2.45, 2.75) is 26.9 Å². The Morgan fingerprint density at radius 1 is 1.36 bits per heavy atom. The third kappa shape index (κ3) is 2.94. The summed E-state index contributed by atoms with van der Waals surface area (Å²) in [7, 11) is 0. The van der Waals surface area contributed by atoms with Gasteiger partial charge in [0.15, 0.2) is 0 Å². The Balaban J connectivity index is 3.12. The van der Waals surface area contributed by atoms with E-state index in [1.165, 1.54) is 0 Å². The molecule has 14 heavy (non-hydrogen) atoms. The molecule has 1 atom stereocenters. The second kappa shape index (κ2) is 4.49. The summed E-state index contributed by atoms with van der Waals surface area (Å²) in [6.07, 6.45) is -0.438. The molecule has 1 rings (SSSR count). The van der Waals surface area contributed by atoms with Crippen molar-refractivity contribution in [1.82, 2.24) is 0 Å². The first-order chi connectivity index (χ1) is 6.32. The van der Waals surface area contributed by atoms with Gasteiger partial charge in [-0.2, -0.15) is 0 Å². The van der Waals surface area contributed by atoms with Crippen LogP contribution in [0.1, 0.15) is 32.4 Å². The summed E-state index contributed by atoms with van der Waals surface area (Å²) in [4.78, 5) is 0. The van der Waals surface area contributed by atoms with Gasteiger partial charge >= 0.3 is 0 Å². The molecule has 0 fully saturated rings. The maximum atomic E-state index is 10.1. The number of rotatable bonds is 1. The Bertz CT molecular complexity index is 331. The van der Waals surface area contributed by atoms with Crippen LogP contribution in [0.3, 0.4) is 0 Å². The van der Waals surface area contributed by atoms with Crippen molar-refractivity contribution in [3.63, 3.8) is 0 Å². The summed E-state index contributed by atoms with van der Waals surface area (Å²) in [5.41, 5.74) is 0.830. The molecule has 0 saturated carbocycles. The fourth-order valence-corrected chi connectivity index (χ4v) is 2.17. The lowest BCUT2D eigenvalue weighted by Crippen LogP contribution is -2.18. The van der Waals surface area contributed by atoms with E-state index < -0.39 is 6.10 Å². The van der Waals surface area contributed by atoms with Gasteiger partial charge in [-0.1, -0.05) is 36.7 Å². The quantitative estimate of drug-likeness (QED) is 0.739. The fourth-order valence-electron chi connectivity index (χ4n) is 1.19. The molecule has 0 aliphatic carbocycles. The average molecular weight is 369 g/mol. The zero-order valence-electron chi connectivity index (χ0n) is 8.51. The smallest absolute Gasteiger partial charge is 0.0849 e. The van der Waals surface area contributed by atoms with E-state index in [9.17, 15) is 5.11 Å². The molecule has 0 spiro atoms. The van der Waals surface area contributed by atoms with Gasteiger partial charge in [-0.15, -0.1) is 0 Å². The van der Waals surface area contributed by atoms with Gasteiger partial charge in [-0.25, -0.2) is 0 Å². The molecular weight excluding hydrogens is 355 g/mol. The van der Waals surface area contributed by atoms with Gasteiger partial charge in [0.1, 0.15) is 0 Å². The lowest BCUT2D eigenvalue weighted by Gasteiger charge is -2.27. The maximum Gasteiger partial charge on any atom is 0.0849 e. The van der Waals surface area contributed by atoms with Crippen molar-refractivity contribution in [3.8, 4) is 0 Å². The molecule has 0 radical (unpaired) electrons. The second-order valence-electron chi connectivity index (χ2n) is 4.43. The van der Waals surface area contributed by atoms with Gasteiger partial charge in [-0.05, 0) is 51.8 Å². The van der Waals surface area contributed by atoms with Crippen molar-refractivity contribution in [3.05, 3.63) is 31.8 Å². The summed E-state index contributed by atoms with van der Waals surface area (Å²) in [5, 5.41) is 10.1. The Kier molecular flexibility index (Phi) is 4.00. The predicted octanol–water partition coefficient (Wildman–Crippen LogP) is 4.13. The van der Waals surface area contributed by atoms with Crippen molar-refractivity contribution in [2.24, 2.45) is 5.41 Å². The van der Waals surface area contributed by atoms with Gasteiger partial charge in [0, 0.05) is 8.04 Å². The van der Waals surface area contributed by atoms with E-state index in [4.69, 9.17) is 0 Å². The molecule has 0 amide bonds. The van der Waals surface area contributed by atoms with Gasteiger partial charge in [-0.3, -0.25) is 0 Å². The first kappa shape index (κ1) is 12.5. The normalized spacial score (nSPS) is 14.1. The topological polar surface area (TPSA) is 20.2 Å². The van der Waals surface area contributed by atoms with Crippen LogP contribution in [0.5, 0.6) is 0 Å². The molecule has 0 bridgehead atoms. The Morgan fingerprint density at radius 3 is 2.43 bits per heavy atom. The SMILES string of the molecule is CC(C)(C)C(O)c1cc(I)ccc1Br. The van der Waals surface area contributed by atoms with Crippen LogP contribution < -0.4 is 0 Å². The molecule has 78 valence electrons. The highest BCUT2D eigenvalue weighted by Gasteiger charge is 2.25. The summed E-state index contributed by atoms with van der Waals surface area (Å²) >= 11 is 5.71. The molecule has 1 aromatic carbocycles. The largest absolute Gasteiger partial charge is 0.388 e. The van der Waals surface area contributed by atoms with E-state index in [1.54, 1.807) is 0 Å². The summed E-state index contributed by atoms with van der Waals surface area (Å²) in [5.74, 6) is 0. The summed E-state index contributed by atoms with van der Waals surface area (Å²) in [6, 6.07) is 6.01. The van der Waals surface area contributed by atoms with Crippen LogP contribution in [0.2, 0.25) is 0 Å². The van der Waals surface area contributed by atoms with Crippen molar-refractivity contribution >= 4 is 38.5 Å². The molecule has 1 aromatic rings. The number of halogens is 2. The predicted molar refractivity (Wildman–Crippen MR) is 71.3 cm³/mol. The van der Waals surface area contributed by atoms with Crippen molar-refractivity contribution < 1.29 is 5.11 Å². The van der Waals surface area contributed by atoms with Gasteiger partial charge in [0.05, 0.1) is 6.10 Å². The van der Waals surface area contributed by atoms with Gasteiger partial charge in [0.25, 0.3) is 0 Å². The lowest BCUT2D eigenvalue weighted by molar-refractivity contribution is 0.0620. The number of hydrogen-bond donors (Lipinski definition) is 1. The Labute approximate surface area is 107 Å². The van der Waals surface area contributed by atoms with Gasteiger partial charge in [0.2, 0.25) is 0 Å². The lowest BCUT2D eigenvalue weighted by atomic mass is 9.85. The summed E-state index contributed by atoms with van der Waals surface area (Å²) < 4.78 is 2.12. The second-order valence-corrected chi connectivity index (χ2v) is 6.53. The highest BCUT2D eigenvalue weighted by Crippen LogP contribution is 2.36. The minimum atomic E-state index is -0.438. The monoisotopic (exact) mass is 368 g/mol. The number of aliphatic hydroxyl groups excluding tert-OH is 1. The van der Waals surface area contributed by atoms with Crippen LogP contribution in [0.15, 0.2) is 22.7 Å². The third-order valence-corrected chi connectivity index (χ3v) is 3.47. The van der Waals surface area contributed by atoms with E-state index in [0.29, 0.717) is 0 Å². The van der Waals surface area contributed by atoms with Crippen LogP contribution in [-0.4, -0.2) is 5.11 Å². The fraction of sp³-hybridized carbons (Fsp3) is 0.455. The van der Waals surface area contributed by atoms with Crippen molar-refractivity contribution in [2.75, 3.05) is 0 Å². The van der Waals surface area contributed by atoms with Crippen LogP contribution in [0, 0.1) is 8.99 Å². The highest BCUT2D eigenvalue weighted by molar-refractivity contribution is 14.1. The maximum absolute atomic E-state index is 10.1. The van der Waals surface area contributed by atoms with E-state index >= 15 is 0 Å². The molecule has 0 aromatic heterocycles. The van der Waals surface area contributed by atoms with E-state index in [2.05, 4.69) is 38.5 Å². The Morgan fingerprint density at radius 2 is 1.93 bits per heavy atom. The molecule has 0 aliphatic rings. The van der Waals surface area contributed by atoms with E-state index in [1.807, 2.05) is 39.0 Å². The highest BCUT2D eigenvalue weighted by atomic mass is 127. The molecule has 3 heteroatoms. The van der Waals surface area contributed by atoms with Gasteiger partial charge < -0.3 is 5.11 Å². The molecule has 0 aliphatic heterocycles. The summed E-state index contributed by atoms with van der Waals surface area (Å²) in [6.45, 7) is 6.10. The van der Waals surface area contributed by atoms with E-state index in [-0.39, 0.29) is 5.41 Å². The Hall–Kier alpha value is 0.390. The number of benzene rings is 1. The molecule has 0 saturated heterocycles. The third-order valence-electron chi connectivity index (χ3n) is 2.07. The first-order valence-corrected chi connectivity index (χ1v) is 6.32. The van der Waals surface area contributed by atoms with Crippen LogP contribution in [0.4, 0.5) is 0 Å². The van der Waals surface area contributed by atoms with E-state index in [0.717, 1.165) is 13.6 Å². The zero-order valence-corrected chi connectivity index (χ0v) is 12.3. The number of aliphatic hydroxyl groups is 1. The van der Waals surface area contributed by atoms with Crippen LogP contribution in [-0.2, 0) is 0 Å². The molecular formula is C11H14BrIO. The van der Waals surface area contributed by atoms with Crippen molar-refractivity contribution in [1.29, 1.82) is 0 Å². The number of hydrogen-bond acceptors (Lipinski definition) is 1. The minimum Gasteiger partial charge on any atom is -0.388 e. The minimum absolute atomic E-state index is 0.132. The first-order valence-electron chi connectivity index (χ1n) is 4.45. The molecule has 1 nitrogen and oxygen atoms in total.